The molecule has 0 heterocycles. The molecule has 0 aliphatic heterocycles. The van der Waals surface area contributed by atoms with E-state index in [1.165, 1.54) is 0 Å². The van der Waals surface area contributed by atoms with Crippen molar-refractivity contribution in [1.82, 2.24) is 16.0 Å². The molecule has 0 aromatic heterocycles. The molecule has 0 spiro atoms. The van der Waals surface area contributed by atoms with Crippen LogP contribution in [0.25, 0.3) is 0 Å². The molecule has 0 radical (unpaired) electrons. The van der Waals surface area contributed by atoms with Gasteiger partial charge in [0, 0.05) is 13.0 Å². The molecule has 0 aliphatic carbocycles. The lowest BCUT2D eigenvalue weighted by atomic mass is 10.1. The number of carboxylic acids is 2. The monoisotopic (exact) mass is 518 g/mol. The first-order valence-electron chi connectivity index (χ1n) is 11.4. The number of carbonyl (C=O) groups is 5. The number of rotatable bonds is 19. The molecular weight excluding hydrogens is 480 g/mol. The first-order valence-corrected chi connectivity index (χ1v) is 11.4. The summed E-state index contributed by atoms with van der Waals surface area (Å²) in [6.45, 7) is -0.272. The van der Waals surface area contributed by atoms with Crippen molar-refractivity contribution in [3.05, 3.63) is 0 Å². The summed E-state index contributed by atoms with van der Waals surface area (Å²) in [6, 6.07) is -5.26. The van der Waals surface area contributed by atoms with Gasteiger partial charge in [0.1, 0.15) is 18.1 Å². The van der Waals surface area contributed by atoms with Gasteiger partial charge in [-0.15, -0.1) is 0 Å². The molecule has 3 amide bonds. The van der Waals surface area contributed by atoms with Crippen LogP contribution in [0.1, 0.15) is 44.9 Å². The van der Waals surface area contributed by atoms with E-state index in [0.29, 0.717) is 25.8 Å². The first kappa shape index (κ1) is 32.5. The van der Waals surface area contributed by atoms with Crippen molar-refractivity contribution in [3.63, 3.8) is 0 Å². The minimum atomic E-state index is -1.50. The summed E-state index contributed by atoms with van der Waals surface area (Å²) in [7, 11) is 0. The average molecular weight is 519 g/mol. The lowest BCUT2D eigenvalue weighted by molar-refractivity contribution is -0.143. The number of nitrogens with one attached hydrogen (secondary N) is 3. The van der Waals surface area contributed by atoms with Crippen molar-refractivity contribution in [1.29, 1.82) is 0 Å². The number of carboxylic acid groups (broad SMARTS) is 2. The summed E-state index contributed by atoms with van der Waals surface area (Å²) in [5.74, 6) is -5.34. The maximum Gasteiger partial charge on any atom is 0.326 e. The van der Waals surface area contributed by atoms with E-state index in [-0.39, 0.29) is 31.8 Å². The van der Waals surface area contributed by atoms with Gasteiger partial charge >= 0.3 is 11.9 Å². The molecule has 4 unspecified atom stereocenters. The Labute approximate surface area is 208 Å². The summed E-state index contributed by atoms with van der Waals surface area (Å²) < 4.78 is 0. The van der Waals surface area contributed by atoms with E-state index >= 15 is 0 Å². The minimum absolute atomic E-state index is 0.0776. The third-order valence-electron chi connectivity index (χ3n) is 4.96. The molecule has 0 saturated carbocycles. The number of amides is 3. The van der Waals surface area contributed by atoms with Crippen molar-refractivity contribution in [2.24, 2.45) is 27.9 Å². The number of nitrogens with two attached hydrogens (primary N) is 4. The Kier molecular flexibility index (Phi) is 16.1. The summed E-state index contributed by atoms with van der Waals surface area (Å²) in [6.07, 6.45) is 0.702. The Bertz CT molecular complexity index is 775. The van der Waals surface area contributed by atoms with Crippen molar-refractivity contribution >= 4 is 35.6 Å². The number of aliphatic hydroxyl groups is 1. The molecule has 0 saturated heterocycles. The quantitative estimate of drug-likeness (QED) is 0.0443. The van der Waals surface area contributed by atoms with E-state index < -0.39 is 66.9 Å². The Hall–Kier alpha value is -3.50. The normalized spacial score (nSPS) is 14.0. The second kappa shape index (κ2) is 17.9. The van der Waals surface area contributed by atoms with Crippen LogP contribution >= 0.6 is 0 Å². The molecule has 36 heavy (non-hydrogen) atoms. The van der Waals surface area contributed by atoms with Crippen molar-refractivity contribution in [3.8, 4) is 0 Å². The van der Waals surface area contributed by atoms with E-state index in [1.807, 2.05) is 0 Å². The van der Waals surface area contributed by atoms with Gasteiger partial charge in [0.15, 0.2) is 5.96 Å². The number of aliphatic imine (C=N–C) groups is 1. The highest BCUT2D eigenvalue weighted by Gasteiger charge is 2.30. The van der Waals surface area contributed by atoms with Crippen LogP contribution in [0.15, 0.2) is 4.99 Å². The van der Waals surface area contributed by atoms with Crippen LogP contribution in [0.4, 0.5) is 0 Å². The summed E-state index contributed by atoms with van der Waals surface area (Å²) >= 11 is 0. The molecule has 0 rings (SSSR count). The first-order chi connectivity index (χ1) is 16.9. The van der Waals surface area contributed by atoms with Crippen molar-refractivity contribution < 1.29 is 39.3 Å². The number of nitrogens with zero attached hydrogens (tertiary/aromatic N) is 1. The summed E-state index contributed by atoms with van der Waals surface area (Å²) in [5.41, 5.74) is 21.6. The number of guanidine groups is 1. The van der Waals surface area contributed by atoms with E-state index in [0.717, 1.165) is 0 Å². The fraction of sp³-hybridized carbons (Fsp3) is 0.700. The second-order valence-corrected chi connectivity index (χ2v) is 7.98. The minimum Gasteiger partial charge on any atom is -0.481 e. The van der Waals surface area contributed by atoms with E-state index in [1.54, 1.807) is 0 Å². The predicted molar refractivity (Wildman–Crippen MR) is 128 cm³/mol. The summed E-state index contributed by atoms with van der Waals surface area (Å²) in [5, 5.41) is 34.7. The average Bonchev–Trinajstić information content (AvgIpc) is 2.81. The summed E-state index contributed by atoms with van der Waals surface area (Å²) in [4.78, 5) is 63.8. The highest BCUT2D eigenvalue weighted by atomic mass is 16.4. The number of hydrogen-bond donors (Lipinski definition) is 10. The largest absolute Gasteiger partial charge is 0.481 e. The lowest BCUT2D eigenvalue weighted by Gasteiger charge is -2.24. The SMILES string of the molecule is NCCCCC(NC(=O)C(CCC(=O)O)NC(=O)C(CO)NC(=O)C(N)CCCN=C(N)N)C(=O)O. The Balaban J connectivity index is 5.20. The van der Waals surface area contributed by atoms with Crippen LogP contribution in [0.2, 0.25) is 0 Å². The maximum atomic E-state index is 12.7. The molecule has 16 heteroatoms. The Morgan fingerprint density at radius 3 is 1.89 bits per heavy atom. The van der Waals surface area contributed by atoms with Gasteiger partial charge in [-0.05, 0) is 45.1 Å². The van der Waals surface area contributed by atoms with Crippen LogP contribution in [0.5, 0.6) is 0 Å². The van der Waals surface area contributed by atoms with Crippen LogP contribution in [-0.2, 0) is 24.0 Å². The number of carbonyl (C=O) groups excluding carboxylic acids is 3. The van der Waals surface area contributed by atoms with Gasteiger partial charge in [0.25, 0.3) is 0 Å². The Morgan fingerprint density at radius 1 is 0.778 bits per heavy atom. The molecule has 14 N–H and O–H groups in total. The molecule has 16 nitrogen and oxygen atoms in total. The lowest BCUT2D eigenvalue weighted by Crippen LogP contribution is -2.58. The van der Waals surface area contributed by atoms with E-state index in [2.05, 4.69) is 20.9 Å². The molecule has 0 aromatic carbocycles. The van der Waals surface area contributed by atoms with Gasteiger partial charge in [-0.1, -0.05) is 0 Å². The standard InChI is InChI=1S/C20H38N8O8/c21-8-2-1-5-13(19(35)36)27-17(33)12(6-7-15(30)31)26-18(34)14(10-29)28-16(32)11(22)4-3-9-25-20(23)24/h11-14,29H,1-10,21-22H2,(H,26,34)(H,27,33)(H,28,32)(H,30,31)(H,35,36)(H4,23,24,25). The van der Waals surface area contributed by atoms with Gasteiger partial charge in [-0.25, -0.2) is 4.79 Å². The highest BCUT2D eigenvalue weighted by molar-refractivity contribution is 5.94. The van der Waals surface area contributed by atoms with E-state index in [4.69, 9.17) is 28.0 Å². The predicted octanol–water partition coefficient (Wildman–Crippen LogP) is -4.11. The molecule has 4 atom stereocenters. The van der Waals surface area contributed by atoms with Crippen LogP contribution in [-0.4, -0.2) is 94.8 Å². The molecular formula is C20H38N8O8. The number of aliphatic carboxylic acids is 2. The molecule has 0 aliphatic rings. The fourth-order valence-electron chi connectivity index (χ4n) is 2.95. The van der Waals surface area contributed by atoms with Gasteiger partial charge in [0.05, 0.1) is 12.6 Å². The topological polar surface area (TPSA) is 299 Å². The van der Waals surface area contributed by atoms with Crippen LogP contribution in [0, 0.1) is 0 Å². The smallest absolute Gasteiger partial charge is 0.326 e. The molecule has 0 aromatic rings. The molecule has 0 bridgehead atoms. The zero-order valence-electron chi connectivity index (χ0n) is 20.0. The van der Waals surface area contributed by atoms with E-state index in [9.17, 15) is 34.2 Å². The molecule has 206 valence electrons. The van der Waals surface area contributed by atoms with Crippen molar-refractivity contribution in [2.75, 3.05) is 19.7 Å². The third-order valence-corrected chi connectivity index (χ3v) is 4.96. The zero-order valence-corrected chi connectivity index (χ0v) is 20.0. The zero-order chi connectivity index (χ0) is 27.7. The van der Waals surface area contributed by atoms with Crippen LogP contribution in [0.3, 0.4) is 0 Å². The second-order valence-electron chi connectivity index (χ2n) is 7.98. The number of hydrogen-bond acceptors (Lipinski definition) is 9. The van der Waals surface area contributed by atoms with Gasteiger partial charge < -0.3 is 54.2 Å². The van der Waals surface area contributed by atoms with Gasteiger partial charge in [-0.3, -0.25) is 24.2 Å². The van der Waals surface area contributed by atoms with Crippen molar-refractivity contribution in [2.45, 2.75) is 69.1 Å². The number of unbranched alkanes of at least 4 members (excludes halogenated alkanes) is 1. The van der Waals surface area contributed by atoms with Crippen LogP contribution < -0.4 is 38.9 Å². The Morgan fingerprint density at radius 2 is 1.36 bits per heavy atom. The highest BCUT2D eigenvalue weighted by Crippen LogP contribution is 2.05. The fourth-order valence-corrected chi connectivity index (χ4v) is 2.95. The van der Waals surface area contributed by atoms with Gasteiger partial charge in [0.2, 0.25) is 17.7 Å². The third kappa shape index (κ3) is 14.0. The maximum absolute atomic E-state index is 12.7. The van der Waals surface area contributed by atoms with Gasteiger partial charge in [-0.2, -0.15) is 0 Å². The number of aliphatic hydroxyl groups excluding tert-OH is 1. The molecule has 0 fully saturated rings.